The molecule has 11 heavy (non-hydrogen) atoms. The van der Waals surface area contributed by atoms with Crippen LogP contribution in [0.4, 0.5) is 5.95 Å². The summed E-state index contributed by atoms with van der Waals surface area (Å²) in [6, 6.07) is 0. The molecule has 0 fully saturated rings. The first-order valence-electron chi connectivity index (χ1n) is 3.94. The highest BCUT2D eigenvalue weighted by Gasteiger charge is 2.13. The summed E-state index contributed by atoms with van der Waals surface area (Å²) in [7, 11) is 0. The summed E-state index contributed by atoms with van der Waals surface area (Å²) in [6.07, 6.45) is 4.72. The quantitative estimate of drug-likeness (QED) is 0.407. The van der Waals surface area contributed by atoms with Gasteiger partial charge in [-0.15, -0.1) is 0 Å². The van der Waals surface area contributed by atoms with Gasteiger partial charge in [0.15, 0.2) is 0 Å². The summed E-state index contributed by atoms with van der Waals surface area (Å²) in [5.74, 6) is 5.91. The first-order valence-corrected chi connectivity index (χ1v) is 3.94. The summed E-state index contributed by atoms with van der Waals surface area (Å²) in [5, 5.41) is 0. The van der Waals surface area contributed by atoms with Gasteiger partial charge in [0.25, 0.3) is 0 Å². The van der Waals surface area contributed by atoms with E-state index in [0.717, 1.165) is 12.8 Å². The molecule has 0 aromatic carbocycles. The fourth-order valence-corrected chi connectivity index (χ4v) is 1.52. The van der Waals surface area contributed by atoms with E-state index < -0.39 is 0 Å². The van der Waals surface area contributed by atoms with Gasteiger partial charge in [-0.3, -0.25) is 5.43 Å². The summed E-state index contributed by atoms with van der Waals surface area (Å²) < 4.78 is 0. The van der Waals surface area contributed by atoms with Crippen molar-refractivity contribution in [3.05, 3.63) is 11.4 Å². The third-order valence-electron chi connectivity index (χ3n) is 2.09. The number of anilines is 1. The molecular weight excluding hydrogens is 140 g/mol. The number of H-pyrrole nitrogens is 1. The van der Waals surface area contributed by atoms with Crippen LogP contribution in [-0.4, -0.2) is 9.97 Å². The number of aryl methyl sites for hydroxylation is 2. The number of nitrogen functional groups attached to an aromatic ring is 1. The highest BCUT2D eigenvalue weighted by Crippen LogP contribution is 2.19. The number of nitrogens with one attached hydrogen (secondary N) is 2. The smallest absolute Gasteiger partial charge is 0.215 e. The van der Waals surface area contributed by atoms with Crippen LogP contribution in [0.25, 0.3) is 0 Å². The summed E-state index contributed by atoms with van der Waals surface area (Å²) in [6.45, 7) is 0. The Morgan fingerprint density at radius 2 is 2.18 bits per heavy atom. The minimum Gasteiger partial charge on any atom is -0.327 e. The lowest BCUT2D eigenvalue weighted by molar-refractivity contribution is 0.667. The lowest BCUT2D eigenvalue weighted by atomic mass is 10.0. The molecule has 0 radical (unpaired) electrons. The number of nitrogens with zero attached hydrogens (tertiary/aromatic N) is 1. The highest BCUT2D eigenvalue weighted by atomic mass is 15.3. The molecule has 4 heteroatoms. The zero-order chi connectivity index (χ0) is 7.68. The molecule has 0 unspecified atom stereocenters. The largest absolute Gasteiger partial charge is 0.327 e. The standard InChI is InChI=1S/C7H12N4/c8-11-7-9-5-3-1-2-4-6(5)10-7/h1-4,8H2,(H2,9,10,11). The molecule has 4 nitrogen and oxygen atoms in total. The van der Waals surface area contributed by atoms with E-state index in [2.05, 4.69) is 15.4 Å². The normalized spacial score (nSPS) is 16.1. The van der Waals surface area contributed by atoms with E-state index in [-0.39, 0.29) is 0 Å². The average molecular weight is 152 g/mol. The first-order chi connectivity index (χ1) is 5.40. The molecule has 0 bridgehead atoms. The number of hydrazine groups is 1. The number of aromatic nitrogens is 2. The van der Waals surface area contributed by atoms with E-state index in [4.69, 9.17) is 5.84 Å². The lowest BCUT2D eigenvalue weighted by Crippen LogP contribution is -2.08. The third kappa shape index (κ3) is 1.09. The lowest BCUT2D eigenvalue weighted by Gasteiger charge is -2.07. The summed E-state index contributed by atoms with van der Waals surface area (Å²) in [5.41, 5.74) is 4.96. The van der Waals surface area contributed by atoms with Crippen LogP contribution >= 0.6 is 0 Å². The first kappa shape index (κ1) is 6.67. The topological polar surface area (TPSA) is 66.7 Å². The van der Waals surface area contributed by atoms with Gasteiger partial charge in [-0.2, -0.15) is 0 Å². The fraction of sp³-hybridized carbons (Fsp3) is 0.571. The molecule has 1 aliphatic rings. The molecular formula is C7H12N4. The molecule has 1 aromatic rings. The maximum absolute atomic E-state index is 5.22. The van der Waals surface area contributed by atoms with E-state index in [0.29, 0.717) is 5.95 Å². The monoisotopic (exact) mass is 152 g/mol. The van der Waals surface area contributed by atoms with Crippen LogP contribution in [0.1, 0.15) is 24.2 Å². The van der Waals surface area contributed by atoms with E-state index in [9.17, 15) is 0 Å². The van der Waals surface area contributed by atoms with Crippen LogP contribution in [0, 0.1) is 0 Å². The van der Waals surface area contributed by atoms with Crippen LogP contribution < -0.4 is 11.3 Å². The van der Waals surface area contributed by atoms with E-state index in [1.807, 2.05) is 0 Å². The Labute approximate surface area is 65.2 Å². The van der Waals surface area contributed by atoms with E-state index >= 15 is 0 Å². The zero-order valence-electron chi connectivity index (χ0n) is 6.35. The Balaban J connectivity index is 2.32. The van der Waals surface area contributed by atoms with Crippen LogP contribution in [0.5, 0.6) is 0 Å². The average Bonchev–Trinajstić information content (AvgIpc) is 2.46. The van der Waals surface area contributed by atoms with Crippen LogP contribution in [0.3, 0.4) is 0 Å². The van der Waals surface area contributed by atoms with Gasteiger partial charge in [0.2, 0.25) is 5.95 Å². The highest BCUT2D eigenvalue weighted by molar-refractivity contribution is 5.30. The van der Waals surface area contributed by atoms with Crippen LogP contribution in [0.2, 0.25) is 0 Å². The van der Waals surface area contributed by atoms with Crippen molar-refractivity contribution in [3.63, 3.8) is 0 Å². The number of hydrogen-bond acceptors (Lipinski definition) is 3. The number of fused-ring (bicyclic) bond motifs is 1. The molecule has 1 aromatic heterocycles. The molecule has 4 N–H and O–H groups in total. The van der Waals surface area contributed by atoms with Crippen molar-refractivity contribution in [2.75, 3.05) is 5.43 Å². The third-order valence-corrected chi connectivity index (χ3v) is 2.09. The van der Waals surface area contributed by atoms with E-state index in [1.54, 1.807) is 0 Å². The maximum atomic E-state index is 5.22. The maximum Gasteiger partial charge on any atom is 0.215 e. The second-order valence-electron chi connectivity index (χ2n) is 2.86. The van der Waals surface area contributed by atoms with Crippen molar-refractivity contribution in [1.82, 2.24) is 9.97 Å². The zero-order valence-corrected chi connectivity index (χ0v) is 6.35. The van der Waals surface area contributed by atoms with Gasteiger partial charge in [-0.1, -0.05) is 0 Å². The van der Waals surface area contributed by atoms with Gasteiger partial charge in [0, 0.05) is 5.69 Å². The molecule has 0 aliphatic heterocycles. The van der Waals surface area contributed by atoms with Crippen molar-refractivity contribution in [2.45, 2.75) is 25.7 Å². The van der Waals surface area contributed by atoms with Gasteiger partial charge in [-0.25, -0.2) is 10.8 Å². The second kappa shape index (κ2) is 2.54. The van der Waals surface area contributed by atoms with Crippen molar-refractivity contribution in [1.29, 1.82) is 0 Å². The number of nitrogens with two attached hydrogens (primary N) is 1. The number of imidazole rings is 1. The fourth-order valence-electron chi connectivity index (χ4n) is 1.52. The van der Waals surface area contributed by atoms with Crippen LogP contribution in [0.15, 0.2) is 0 Å². The Kier molecular flexibility index (Phi) is 1.54. The van der Waals surface area contributed by atoms with Gasteiger partial charge >= 0.3 is 0 Å². The molecule has 0 saturated carbocycles. The molecule has 1 aliphatic carbocycles. The van der Waals surface area contributed by atoms with Crippen molar-refractivity contribution < 1.29 is 0 Å². The van der Waals surface area contributed by atoms with Gasteiger partial charge in [-0.05, 0) is 25.7 Å². The Morgan fingerprint density at radius 1 is 1.36 bits per heavy atom. The Hall–Kier alpha value is -1.03. The molecule has 1 heterocycles. The Morgan fingerprint density at radius 3 is 2.91 bits per heavy atom. The molecule has 0 saturated heterocycles. The molecule has 2 rings (SSSR count). The molecule has 0 atom stereocenters. The number of aromatic amines is 1. The van der Waals surface area contributed by atoms with Crippen molar-refractivity contribution in [2.24, 2.45) is 5.84 Å². The summed E-state index contributed by atoms with van der Waals surface area (Å²) >= 11 is 0. The molecule has 60 valence electrons. The van der Waals surface area contributed by atoms with Crippen molar-refractivity contribution >= 4 is 5.95 Å². The van der Waals surface area contributed by atoms with E-state index in [1.165, 1.54) is 24.2 Å². The SMILES string of the molecule is NNc1nc2c([nH]1)CCCC2. The molecule has 0 spiro atoms. The predicted molar refractivity (Wildman–Crippen MR) is 43.0 cm³/mol. The van der Waals surface area contributed by atoms with Gasteiger partial charge in [0.05, 0.1) is 5.69 Å². The summed E-state index contributed by atoms with van der Waals surface area (Å²) in [4.78, 5) is 7.41. The van der Waals surface area contributed by atoms with Crippen LogP contribution in [-0.2, 0) is 12.8 Å². The predicted octanol–water partition coefficient (Wildman–Crippen LogP) is 0.574. The molecule has 0 amide bonds. The number of hydrogen-bond donors (Lipinski definition) is 3. The van der Waals surface area contributed by atoms with Gasteiger partial charge in [0.1, 0.15) is 0 Å². The second-order valence-corrected chi connectivity index (χ2v) is 2.86. The van der Waals surface area contributed by atoms with Crippen molar-refractivity contribution in [3.8, 4) is 0 Å². The van der Waals surface area contributed by atoms with Gasteiger partial charge < -0.3 is 4.98 Å². The minimum atomic E-state index is 0.692. The minimum absolute atomic E-state index is 0.692. The Bertz CT molecular complexity index is 229. The number of rotatable bonds is 1.